The van der Waals surface area contributed by atoms with Gasteiger partial charge >= 0.3 is 11.9 Å². The number of aryl methyl sites for hydroxylation is 1. The predicted molar refractivity (Wildman–Crippen MR) is 249 cm³/mol. The standard InChI is InChI=1S/C48H41N7O7S3/c1-29-15-12-13-23-36(29)41(33-20-10-5-11-21-33)61-46(58)30(2)62-53-37(42-52-48(49)65-54-42)43(56)51-38-44(57)55-39(34(28-64-45(38)55)24-26-63-35-22-14-25-50-27-35)47(59)60-40(31-16-6-3-7-17-31)32-18-8-4-9-19-32/h3-27,30,38,40-41,45H,28H2,1-2H3,(H,51,56)(H2,49,52,54)/b26-24+,53-37+. The zero-order chi connectivity index (χ0) is 45.3. The van der Waals surface area contributed by atoms with Crippen molar-refractivity contribution in [1.82, 2.24) is 24.6 Å². The Bertz CT molecular complexity index is 2720. The monoisotopic (exact) mass is 923 g/mol. The molecule has 0 spiro atoms. The maximum atomic E-state index is 14.5. The number of amides is 2. The van der Waals surface area contributed by atoms with Crippen LogP contribution in [0, 0.1) is 6.92 Å². The van der Waals surface area contributed by atoms with Crippen molar-refractivity contribution in [3.8, 4) is 0 Å². The summed E-state index contributed by atoms with van der Waals surface area (Å²) < 4.78 is 16.4. The first-order valence-electron chi connectivity index (χ1n) is 20.3. The minimum atomic E-state index is -1.30. The first-order valence-corrected chi connectivity index (χ1v) is 23.0. The summed E-state index contributed by atoms with van der Waals surface area (Å²) in [5.74, 6) is -2.77. The summed E-state index contributed by atoms with van der Waals surface area (Å²) in [6.07, 6.45) is 2.36. The van der Waals surface area contributed by atoms with Crippen molar-refractivity contribution in [2.24, 2.45) is 5.16 Å². The average molecular weight is 924 g/mol. The molecule has 328 valence electrons. The van der Waals surface area contributed by atoms with E-state index in [-0.39, 0.29) is 16.7 Å². The lowest BCUT2D eigenvalue weighted by Crippen LogP contribution is -2.71. The third kappa shape index (κ3) is 10.3. The number of anilines is 1. The highest BCUT2D eigenvalue weighted by molar-refractivity contribution is 8.02. The third-order valence-electron chi connectivity index (χ3n) is 10.3. The van der Waals surface area contributed by atoms with Gasteiger partial charge in [0.15, 0.2) is 17.3 Å². The number of rotatable bonds is 16. The molecule has 1 saturated heterocycles. The normalized spacial score (nSPS) is 16.9. The molecule has 65 heavy (non-hydrogen) atoms. The average Bonchev–Trinajstić information content (AvgIpc) is 3.78. The highest BCUT2D eigenvalue weighted by Crippen LogP contribution is 2.42. The molecule has 0 bridgehead atoms. The lowest BCUT2D eigenvalue weighted by atomic mass is 9.97. The number of oxime groups is 1. The van der Waals surface area contributed by atoms with Crippen molar-refractivity contribution >= 4 is 69.7 Å². The summed E-state index contributed by atoms with van der Waals surface area (Å²) in [4.78, 5) is 72.5. The van der Waals surface area contributed by atoms with Crippen LogP contribution in [0.2, 0.25) is 0 Å². The van der Waals surface area contributed by atoms with Gasteiger partial charge < -0.3 is 25.4 Å². The number of esters is 2. The van der Waals surface area contributed by atoms with Crippen molar-refractivity contribution in [3.63, 3.8) is 0 Å². The zero-order valence-corrected chi connectivity index (χ0v) is 37.4. The molecular formula is C48H41N7O7S3. The highest BCUT2D eigenvalue weighted by atomic mass is 32.2. The Morgan fingerprint density at radius 2 is 1.52 bits per heavy atom. The van der Waals surface area contributed by atoms with Crippen LogP contribution in [-0.4, -0.2) is 72.0 Å². The van der Waals surface area contributed by atoms with E-state index in [4.69, 9.17) is 20.0 Å². The maximum Gasteiger partial charge on any atom is 0.356 e. The van der Waals surface area contributed by atoms with Crippen LogP contribution in [-0.2, 0) is 33.5 Å². The number of nitrogens with two attached hydrogens (primary N) is 1. The van der Waals surface area contributed by atoms with Crippen molar-refractivity contribution < 1.29 is 33.5 Å². The topological polar surface area (TPSA) is 188 Å². The number of fused-ring (bicyclic) bond motifs is 1. The number of benzene rings is 4. The van der Waals surface area contributed by atoms with E-state index in [0.717, 1.165) is 44.2 Å². The zero-order valence-electron chi connectivity index (χ0n) is 34.9. The van der Waals surface area contributed by atoms with Gasteiger partial charge in [-0.15, -0.1) is 11.8 Å². The van der Waals surface area contributed by atoms with Crippen LogP contribution in [0.5, 0.6) is 0 Å². The van der Waals surface area contributed by atoms with Crippen molar-refractivity contribution in [2.75, 3.05) is 11.5 Å². The predicted octanol–water partition coefficient (Wildman–Crippen LogP) is 7.56. The summed E-state index contributed by atoms with van der Waals surface area (Å²) in [6, 6.07) is 38.2. The second-order valence-electron chi connectivity index (χ2n) is 14.7. The Labute approximate surface area is 387 Å². The van der Waals surface area contributed by atoms with E-state index in [1.54, 1.807) is 18.5 Å². The number of hydrogen-bond donors (Lipinski definition) is 2. The summed E-state index contributed by atoms with van der Waals surface area (Å²) in [5, 5.41) is 7.95. The number of ether oxygens (including phenoxy) is 2. The number of pyridine rings is 1. The first kappa shape index (κ1) is 44.5. The van der Waals surface area contributed by atoms with Crippen LogP contribution in [0.3, 0.4) is 0 Å². The largest absolute Gasteiger partial charge is 0.450 e. The van der Waals surface area contributed by atoms with Crippen LogP contribution in [0.1, 0.15) is 52.8 Å². The number of aromatic nitrogens is 3. The van der Waals surface area contributed by atoms with Gasteiger partial charge in [0.25, 0.3) is 11.8 Å². The lowest BCUT2D eigenvalue weighted by Gasteiger charge is -2.49. The molecule has 4 heterocycles. The molecule has 1 fully saturated rings. The second kappa shape index (κ2) is 20.6. The molecule has 2 aliphatic rings. The summed E-state index contributed by atoms with van der Waals surface area (Å²) in [7, 11) is 0. The second-order valence-corrected chi connectivity index (χ2v) is 17.5. The number of allylic oxidation sites excluding steroid dienone is 1. The van der Waals surface area contributed by atoms with Gasteiger partial charge in [-0.1, -0.05) is 132 Å². The van der Waals surface area contributed by atoms with Gasteiger partial charge in [0, 0.05) is 34.6 Å². The number of carbonyl (C=O) groups excluding carboxylic acids is 4. The molecule has 3 N–H and O–H groups in total. The minimum absolute atomic E-state index is 0.0468. The van der Waals surface area contributed by atoms with Crippen LogP contribution < -0.4 is 11.1 Å². The number of β-lactam (4-membered cyclic amide) rings is 1. The Kier molecular flexibility index (Phi) is 14.1. The van der Waals surface area contributed by atoms with E-state index in [9.17, 15) is 19.2 Å². The van der Waals surface area contributed by atoms with Gasteiger partial charge in [0.05, 0.1) is 0 Å². The van der Waals surface area contributed by atoms with Crippen LogP contribution in [0.4, 0.5) is 5.13 Å². The number of carbonyl (C=O) groups is 4. The fourth-order valence-corrected chi connectivity index (χ4v) is 9.47. The number of nitrogen functional groups attached to an aromatic ring is 1. The number of nitrogens with one attached hydrogen (secondary N) is 1. The molecule has 2 aliphatic heterocycles. The highest BCUT2D eigenvalue weighted by Gasteiger charge is 2.55. The molecule has 2 aromatic heterocycles. The van der Waals surface area contributed by atoms with E-state index in [0.29, 0.717) is 11.3 Å². The molecule has 4 unspecified atom stereocenters. The Hall–Kier alpha value is -7.08. The molecule has 0 radical (unpaired) electrons. The van der Waals surface area contributed by atoms with Crippen LogP contribution in [0.15, 0.2) is 173 Å². The third-order valence-corrected chi connectivity index (χ3v) is 13.0. The van der Waals surface area contributed by atoms with Crippen LogP contribution in [0.25, 0.3) is 0 Å². The SMILES string of the molecule is Cc1ccccc1C(OC(=O)C(C)O/N=C(/C(=O)NC1C(=O)N2C(C(=O)OC(c3ccccc3)c3ccccc3)=C(/C=C/Sc3cccnc3)CSC12)c1nsc(N)n1)c1ccccc1. The summed E-state index contributed by atoms with van der Waals surface area (Å²) in [5.41, 5.74) is 10.0. The molecule has 4 atom stereocenters. The Morgan fingerprint density at radius 3 is 2.14 bits per heavy atom. The Balaban J connectivity index is 1.03. The number of hydrogen-bond acceptors (Lipinski definition) is 15. The van der Waals surface area contributed by atoms with Gasteiger partial charge in [-0.25, -0.2) is 9.59 Å². The molecule has 14 nitrogen and oxygen atoms in total. The number of thioether (sulfide) groups is 2. The molecule has 0 saturated carbocycles. The molecule has 2 amide bonds. The maximum absolute atomic E-state index is 14.5. The van der Waals surface area contributed by atoms with Gasteiger partial charge in [0.1, 0.15) is 17.1 Å². The van der Waals surface area contributed by atoms with Gasteiger partial charge in [-0.2, -0.15) is 9.36 Å². The minimum Gasteiger partial charge on any atom is -0.450 e. The molecule has 4 aromatic carbocycles. The van der Waals surface area contributed by atoms with Crippen molar-refractivity contribution in [2.45, 2.75) is 48.5 Å². The molecule has 6 aromatic rings. The molecular weight excluding hydrogens is 883 g/mol. The summed E-state index contributed by atoms with van der Waals surface area (Å²) in [6.45, 7) is 3.36. The van der Waals surface area contributed by atoms with Gasteiger partial charge in [0.2, 0.25) is 17.6 Å². The van der Waals surface area contributed by atoms with E-state index in [1.807, 2.05) is 140 Å². The van der Waals surface area contributed by atoms with E-state index in [2.05, 4.69) is 24.8 Å². The van der Waals surface area contributed by atoms with E-state index < -0.39 is 59.2 Å². The fourth-order valence-electron chi connectivity index (χ4n) is 7.05. The summed E-state index contributed by atoms with van der Waals surface area (Å²) >= 11 is 3.59. The van der Waals surface area contributed by atoms with Gasteiger partial charge in [-0.05, 0) is 70.9 Å². The number of nitrogens with zero attached hydrogens (tertiary/aromatic N) is 5. The fraction of sp³-hybridized carbons (Fsp3) is 0.167. The van der Waals surface area contributed by atoms with Crippen LogP contribution >= 0.6 is 35.1 Å². The molecule has 17 heteroatoms. The first-order chi connectivity index (χ1) is 31.7. The quantitative estimate of drug-likeness (QED) is 0.0319. The smallest absolute Gasteiger partial charge is 0.356 e. The van der Waals surface area contributed by atoms with Gasteiger partial charge in [-0.3, -0.25) is 19.5 Å². The van der Waals surface area contributed by atoms with Crippen molar-refractivity contribution in [3.05, 3.63) is 196 Å². The Morgan fingerprint density at radius 1 is 0.877 bits per heavy atom. The van der Waals surface area contributed by atoms with E-state index >= 15 is 0 Å². The lowest BCUT2D eigenvalue weighted by molar-refractivity contribution is -0.160. The van der Waals surface area contributed by atoms with E-state index in [1.165, 1.54) is 35.3 Å². The molecule has 8 rings (SSSR count). The molecule has 0 aliphatic carbocycles. The van der Waals surface area contributed by atoms with Crippen molar-refractivity contribution in [1.29, 1.82) is 0 Å².